The molecule has 0 radical (unpaired) electrons. The summed E-state index contributed by atoms with van der Waals surface area (Å²) in [6, 6.07) is 11.6. The summed E-state index contributed by atoms with van der Waals surface area (Å²) in [5, 5.41) is 17.5. The van der Waals surface area contributed by atoms with E-state index < -0.39 is 28.7 Å². The van der Waals surface area contributed by atoms with Crippen LogP contribution in [0, 0.1) is 10.1 Å². The zero-order chi connectivity index (χ0) is 31.9. The van der Waals surface area contributed by atoms with Crippen LogP contribution in [0.2, 0.25) is 0 Å². The predicted molar refractivity (Wildman–Crippen MR) is 167 cm³/mol. The Kier molecular flexibility index (Phi) is 7.94. The summed E-state index contributed by atoms with van der Waals surface area (Å²) >= 11 is 0. The van der Waals surface area contributed by atoms with E-state index in [0.29, 0.717) is 18.7 Å². The maximum Gasteiger partial charge on any atom is 0.407 e. The van der Waals surface area contributed by atoms with Crippen LogP contribution in [0.5, 0.6) is 0 Å². The maximum absolute atomic E-state index is 13.0. The van der Waals surface area contributed by atoms with Crippen LogP contribution in [0.3, 0.4) is 0 Å². The molecule has 3 aromatic rings. The van der Waals surface area contributed by atoms with Crippen molar-refractivity contribution in [2.75, 3.05) is 24.5 Å². The van der Waals surface area contributed by atoms with Crippen molar-refractivity contribution in [3.05, 3.63) is 86.9 Å². The van der Waals surface area contributed by atoms with Gasteiger partial charge in [-0.15, -0.1) is 0 Å². The molecule has 3 aliphatic rings. The van der Waals surface area contributed by atoms with Crippen molar-refractivity contribution in [1.82, 2.24) is 20.6 Å². The van der Waals surface area contributed by atoms with Gasteiger partial charge < -0.3 is 25.0 Å². The number of anilines is 2. The number of hydrogen-bond acceptors (Lipinski definition) is 10. The SMILES string of the molecule is C[C@@H]1C[C@@H](OC(=O)c2ccc([N+](=O)[O-])cc2)c2ncnc(N3CC4(CCNCC4)c4c(CNC(=O)OC(C)(C)C)cccc43)c21. The molecular formula is C33H38N6O6. The number of fused-ring (bicyclic) bond motifs is 3. The summed E-state index contributed by atoms with van der Waals surface area (Å²) in [6.07, 6.45) is 2.94. The molecule has 1 aliphatic carbocycles. The van der Waals surface area contributed by atoms with E-state index in [9.17, 15) is 19.7 Å². The van der Waals surface area contributed by atoms with Gasteiger partial charge in [0.1, 0.15) is 23.9 Å². The number of nitro groups is 1. The van der Waals surface area contributed by atoms with Gasteiger partial charge >= 0.3 is 12.1 Å². The monoisotopic (exact) mass is 614 g/mol. The molecule has 1 saturated heterocycles. The highest BCUT2D eigenvalue weighted by atomic mass is 16.6. The van der Waals surface area contributed by atoms with E-state index >= 15 is 0 Å². The molecule has 1 amide bonds. The van der Waals surface area contributed by atoms with Crippen LogP contribution in [0.15, 0.2) is 48.8 Å². The van der Waals surface area contributed by atoms with E-state index in [1.54, 1.807) is 0 Å². The highest BCUT2D eigenvalue weighted by molar-refractivity contribution is 5.90. The first-order valence-electron chi connectivity index (χ1n) is 15.3. The van der Waals surface area contributed by atoms with Gasteiger partial charge in [-0.25, -0.2) is 19.6 Å². The van der Waals surface area contributed by atoms with Gasteiger partial charge in [-0.05, 0) is 88.4 Å². The zero-order valence-corrected chi connectivity index (χ0v) is 26.0. The normalized spacial score (nSPS) is 20.0. The first-order valence-corrected chi connectivity index (χ1v) is 15.3. The van der Waals surface area contributed by atoms with Crippen LogP contribution in [-0.4, -0.2) is 52.2 Å². The van der Waals surface area contributed by atoms with Gasteiger partial charge in [0.2, 0.25) is 0 Å². The third-order valence-corrected chi connectivity index (χ3v) is 8.87. The van der Waals surface area contributed by atoms with Gasteiger partial charge in [0, 0.05) is 41.9 Å². The number of carbonyl (C=O) groups excluding carboxylic acids is 2. The van der Waals surface area contributed by atoms with E-state index in [0.717, 1.165) is 55.1 Å². The average Bonchev–Trinajstić information content (AvgIpc) is 3.50. The van der Waals surface area contributed by atoms with Crippen molar-refractivity contribution in [3.63, 3.8) is 0 Å². The van der Waals surface area contributed by atoms with Crippen molar-refractivity contribution >= 4 is 29.3 Å². The lowest BCUT2D eigenvalue weighted by atomic mass is 9.73. The van der Waals surface area contributed by atoms with Gasteiger partial charge in [0.25, 0.3) is 5.69 Å². The first kappa shape index (κ1) is 30.4. The molecule has 12 heteroatoms. The van der Waals surface area contributed by atoms with Gasteiger partial charge in [-0.3, -0.25) is 10.1 Å². The molecule has 0 saturated carbocycles. The van der Waals surface area contributed by atoms with Gasteiger partial charge in [0.05, 0.1) is 16.2 Å². The number of benzene rings is 2. The second kappa shape index (κ2) is 11.7. The van der Waals surface area contributed by atoms with Crippen LogP contribution >= 0.6 is 0 Å². The van der Waals surface area contributed by atoms with Crippen molar-refractivity contribution < 1.29 is 24.0 Å². The number of alkyl carbamates (subject to hydrolysis) is 1. The summed E-state index contributed by atoms with van der Waals surface area (Å²) in [5.74, 6) is 0.267. The molecule has 6 rings (SSSR count). The van der Waals surface area contributed by atoms with E-state index in [1.165, 1.54) is 36.2 Å². The van der Waals surface area contributed by atoms with Crippen LogP contribution < -0.4 is 15.5 Å². The van der Waals surface area contributed by atoms with Crippen molar-refractivity contribution in [2.24, 2.45) is 0 Å². The summed E-state index contributed by atoms with van der Waals surface area (Å²) in [4.78, 5) is 47.8. The van der Waals surface area contributed by atoms with Crippen molar-refractivity contribution in [3.8, 4) is 0 Å². The fourth-order valence-corrected chi connectivity index (χ4v) is 6.94. The molecule has 2 N–H and O–H groups in total. The minimum Gasteiger partial charge on any atom is -0.452 e. The number of hydrogen-bond donors (Lipinski definition) is 2. The Morgan fingerprint density at radius 1 is 1.13 bits per heavy atom. The summed E-state index contributed by atoms with van der Waals surface area (Å²) in [5.41, 5.74) is 4.39. The Morgan fingerprint density at radius 3 is 2.56 bits per heavy atom. The Hall–Kier alpha value is -4.58. The number of non-ortho nitro benzene ring substituents is 1. The molecule has 1 aromatic heterocycles. The molecule has 2 aromatic carbocycles. The Bertz CT molecular complexity index is 1630. The number of esters is 1. The second-order valence-electron chi connectivity index (χ2n) is 13.1. The quantitative estimate of drug-likeness (QED) is 0.204. The Labute approximate surface area is 261 Å². The first-order chi connectivity index (χ1) is 21.5. The number of piperidine rings is 1. The molecular weight excluding hydrogens is 576 g/mol. The molecule has 236 valence electrons. The molecule has 1 fully saturated rings. The number of aromatic nitrogens is 2. The standard InChI is InChI=1S/C33H38N6O6/c1-20-16-25(44-30(40)21-8-10-23(11-9-21)39(42)43)28-26(20)29(37-19-36-28)38-18-33(12-14-34-15-13-33)27-22(6-5-7-24(27)38)17-35-31(41)45-32(2,3)4/h5-11,19-20,25,34H,12-18H2,1-4H3,(H,35,41)/t20-,25-/m1/s1. The van der Waals surface area contributed by atoms with E-state index in [-0.39, 0.29) is 22.6 Å². The third kappa shape index (κ3) is 5.94. The summed E-state index contributed by atoms with van der Waals surface area (Å²) in [7, 11) is 0. The molecule has 45 heavy (non-hydrogen) atoms. The van der Waals surface area contributed by atoms with Crippen LogP contribution in [0.4, 0.5) is 22.0 Å². The molecule has 12 nitrogen and oxygen atoms in total. The number of nitrogens with one attached hydrogen (secondary N) is 2. The second-order valence-corrected chi connectivity index (χ2v) is 13.1. The maximum atomic E-state index is 13.0. The fraction of sp³-hybridized carbons (Fsp3) is 0.455. The highest BCUT2D eigenvalue weighted by Crippen LogP contribution is 2.53. The average molecular weight is 615 g/mol. The van der Waals surface area contributed by atoms with E-state index in [2.05, 4.69) is 39.6 Å². The number of nitrogens with zero attached hydrogens (tertiary/aromatic N) is 4. The predicted octanol–water partition coefficient (Wildman–Crippen LogP) is 5.59. The fourth-order valence-electron chi connectivity index (χ4n) is 6.94. The highest BCUT2D eigenvalue weighted by Gasteiger charge is 2.47. The Balaban J connectivity index is 1.31. The van der Waals surface area contributed by atoms with Gasteiger partial charge in [-0.1, -0.05) is 19.1 Å². The molecule has 2 atom stereocenters. The van der Waals surface area contributed by atoms with E-state index in [1.807, 2.05) is 26.8 Å². The lowest BCUT2D eigenvalue weighted by molar-refractivity contribution is -0.384. The largest absolute Gasteiger partial charge is 0.452 e. The minimum atomic E-state index is -0.589. The van der Waals surface area contributed by atoms with Crippen LogP contribution in [0.25, 0.3) is 0 Å². The molecule has 0 bridgehead atoms. The van der Waals surface area contributed by atoms with Crippen LogP contribution in [0.1, 0.15) is 91.7 Å². The van der Waals surface area contributed by atoms with E-state index in [4.69, 9.17) is 14.5 Å². The summed E-state index contributed by atoms with van der Waals surface area (Å²) in [6.45, 7) is 10.5. The lowest BCUT2D eigenvalue weighted by Gasteiger charge is -2.36. The third-order valence-electron chi connectivity index (χ3n) is 8.87. The minimum absolute atomic E-state index is 0.0240. The molecule has 0 unspecified atom stereocenters. The van der Waals surface area contributed by atoms with Crippen molar-refractivity contribution in [2.45, 2.75) is 76.5 Å². The van der Waals surface area contributed by atoms with Gasteiger partial charge in [0.15, 0.2) is 0 Å². The summed E-state index contributed by atoms with van der Waals surface area (Å²) < 4.78 is 11.4. The number of nitro benzene ring substituents is 1. The molecule has 2 aliphatic heterocycles. The zero-order valence-electron chi connectivity index (χ0n) is 26.0. The smallest absolute Gasteiger partial charge is 0.407 e. The number of carbonyl (C=O) groups is 2. The molecule has 1 spiro atoms. The van der Waals surface area contributed by atoms with Crippen molar-refractivity contribution in [1.29, 1.82) is 0 Å². The molecule has 3 heterocycles. The number of ether oxygens (including phenoxy) is 2. The topological polar surface area (TPSA) is 149 Å². The Morgan fingerprint density at radius 2 is 1.87 bits per heavy atom. The van der Waals surface area contributed by atoms with Gasteiger partial charge in [-0.2, -0.15) is 0 Å². The number of amides is 1. The lowest BCUT2D eigenvalue weighted by Crippen LogP contribution is -2.43. The van der Waals surface area contributed by atoms with Crippen LogP contribution in [-0.2, 0) is 21.4 Å². The number of rotatable bonds is 6.